The van der Waals surface area contributed by atoms with Crippen LogP contribution in [0.25, 0.3) is 10.2 Å². The third kappa shape index (κ3) is 3.48. The van der Waals surface area contributed by atoms with E-state index in [4.69, 9.17) is 0 Å². The summed E-state index contributed by atoms with van der Waals surface area (Å²) >= 11 is 1.69. The van der Waals surface area contributed by atoms with Crippen molar-refractivity contribution in [2.24, 2.45) is 23.2 Å². The molecule has 5 fully saturated rings. The molecule has 0 N–H and O–H groups in total. The molecule has 176 valence electrons. The third-order valence-electron chi connectivity index (χ3n) is 8.91. The van der Waals surface area contributed by atoms with Crippen LogP contribution in [0.5, 0.6) is 0 Å². The minimum atomic E-state index is -0.0965. The Hall–Kier alpha value is -2.08. The van der Waals surface area contributed by atoms with Crippen LogP contribution in [0, 0.1) is 23.2 Å². The largest absolute Gasteiger partial charge is 0.336 e. The van der Waals surface area contributed by atoms with Gasteiger partial charge in [0.15, 0.2) is 0 Å². The number of hydrogen-bond donors (Lipinski definition) is 0. The van der Waals surface area contributed by atoms with Gasteiger partial charge in [0.25, 0.3) is 5.91 Å². The maximum Gasteiger partial charge on any atom is 0.270 e. The van der Waals surface area contributed by atoms with Crippen LogP contribution in [0.4, 0.5) is 0 Å². The Morgan fingerprint density at radius 2 is 1.82 bits per heavy atom. The SMILES string of the molecule is C/C=C\Cn1c(C(=O)N2CCN(C(=O)C34CC5CC(CC(C5)C3)C4)C(C)C2)cc2ccsc21. The van der Waals surface area contributed by atoms with Crippen molar-refractivity contribution < 1.29 is 9.59 Å². The summed E-state index contributed by atoms with van der Waals surface area (Å²) in [7, 11) is 0. The topological polar surface area (TPSA) is 45.6 Å². The van der Waals surface area contributed by atoms with E-state index in [1.807, 2.05) is 24.0 Å². The van der Waals surface area contributed by atoms with Crippen molar-refractivity contribution in [1.29, 1.82) is 0 Å². The predicted molar refractivity (Wildman–Crippen MR) is 132 cm³/mol. The molecule has 2 aromatic rings. The van der Waals surface area contributed by atoms with Crippen molar-refractivity contribution in [2.45, 2.75) is 65.0 Å². The van der Waals surface area contributed by atoms with Crippen LogP contribution in [0.3, 0.4) is 0 Å². The van der Waals surface area contributed by atoms with Gasteiger partial charge in [-0.1, -0.05) is 12.2 Å². The van der Waals surface area contributed by atoms with E-state index in [0.29, 0.717) is 32.1 Å². The number of nitrogens with zero attached hydrogens (tertiary/aromatic N) is 3. The molecule has 4 bridgehead atoms. The van der Waals surface area contributed by atoms with E-state index in [-0.39, 0.29) is 17.4 Å². The number of aromatic nitrogens is 1. The third-order valence-corrected chi connectivity index (χ3v) is 9.86. The summed E-state index contributed by atoms with van der Waals surface area (Å²) in [6.45, 7) is 6.77. The zero-order chi connectivity index (χ0) is 22.7. The van der Waals surface area contributed by atoms with Gasteiger partial charge < -0.3 is 14.4 Å². The van der Waals surface area contributed by atoms with Crippen molar-refractivity contribution in [1.82, 2.24) is 14.4 Å². The Labute approximate surface area is 200 Å². The van der Waals surface area contributed by atoms with Crippen LogP contribution in [0.1, 0.15) is 62.9 Å². The number of hydrogen-bond acceptors (Lipinski definition) is 3. The number of fused-ring (bicyclic) bond motifs is 1. The minimum Gasteiger partial charge on any atom is -0.336 e. The van der Waals surface area contributed by atoms with Gasteiger partial charge in [-0.2, -0.15) is 0 Å². The van der Waals surface area contributed by atoms with Crippen LogP contribution < -0.4 is 0 Å². The number of thiophene rings is 1. The van der Waals surface area contributed by atoms with Crippen molar-refractivity contribution in [2.75, 3.05) is 19.6 Å². The average Bonchev–Trinajstić information content (AvgIpc) is 3.37. The molecule has 2 amide bonds. The summed E-state index contributed by atoms with van der Waals surface area (Å²) in [6, 6.07) is 4.20. The van der Waals surface area contributed by atoms with Crippen LogP contribution in [-0.4, -0.2) is 51.9 Å². The van der Waals surface area contributed by atoms with E-state index in [0.717, 1.165) is 52.9 Å². The van der Waals surface area contributed by atoms with Crippen molar-refractivity contribution in [3.8, 4) is 0 Å². The van der Waals surface area contributed by atoms with Gasteiger partial charge >= 0.3 is 0 Å². The molecule has 6 heteroatoms. The second kappa shape index (κ2) is 8.00. The van der Waals surface area contributed by atoms with Gasteiger partial charge in [-0.3, -0.25) is 9.59 Å². The number of piperazine rings is 1. The number of amides is 2. The normalized spacial score (nSPS) is 33.5. The average molecular weight is 466 g/mol. The fourth-order valence-corrected chi connectivity index (χ4v) is 8.73. The highest BCUT2D eigenvalue weighted by atomic mass is 32.1. The predicted octanol–water partition coefficient (Wildman–Crippen LogP) is 5.17. The van der Waals surface area contributed by atoms with Gasteiger partial charge in [0, 0.05) is 37.6 Å². The number of allylic oxidation sites excluding steroid dienone is 2. The van der Waals surface area contributed by atoms with Gasteiger partial charge in [-0.15, -0.1) is 11.3 Å². The molecular weight excluding hydrogens is 430 g/mol. The van der Waals surface area contributed by atoms with Gasteiger partial charge in [0.1, 0.15) is 10.5 Å². The fourth-order valence-electron chi connectivity index (χ4n) is 7.83. The summed E-state index contributed by atoms with van der Waals surface area (Å²) in [5.74, 6) is 2.82. The Morgan fingerprint density at radius 3 is 2.45 bits per heavy atom. The molecule has 5 nitrogen and oxygen atoms in total. The van der Waals surface area contributed by atoms with Crippen molar-refractivity contribution >= 4 is 33.4 Å². The number of carbonyl (C=O) groups excluding carboxylic acids is 2. The van der Waals surface area contributed by atoms with E-state index in [1.54, 1.807) is 11.3 Å². The molecule has 7 rings (SSSR count). The molecule has 0 radical (unpaired) electrons. The summed E-state index contributed by atoms with van der Waals surface area (Å²) in [4.78, 5) is 32.7. The Kier molecular flexibility index (Phi) is 5.20. The van der Waals surface area contributed by atoms with Gasteiger partial charge in [0.05, 0.1) is 5.41 Å². The lowest BCUT2D eigenvalue weighted by molar-refractivity contribution is -0.161. The van der Waals surface area contributed by atoms with Crippen LogP contribution in [-0.2, 0) is 11.3 Å². The zero-order valence-electron chi connectivity index (χ0n) is 19.8. The van der Waals surface area contributed by atoms with Crippen LogP contribution in [0.2, 0.25) is 0 Å². The highest BCUT2D eigenvalue weighted by molar-refractivity contribution is 7.16. The molecule has 1 atom stereocenters. The molecular formula is C27H35N3O2S. The first-order valence-electron chi connectivity index (χ1n) is 12.8. The maximum absolute atomic E-state index is 13.9. The molecule has 1 unspecified atom stereocenters. The first-order chi connectivity index (χ1) is 16.0. The molecule has 4 aliphatic carbocycles. The summed E-state index contributed by atoms with van der Waals surface area (Å²) in [6.07, 6.45) is 11.5. The smallest absolute Gasteiger partial charge is 0.270 e. The molecule has 5 aliphatic rings. The van der Waals surface area contributed by atoms with Crippen LogP contribution in [0.15, 0.2) is 29.7 Å². The maximum atomic E-state index is 13.9. The molecule has 4 saturated carbocycles. The van der Waals surface area contributed by atoms with E-state index < -0.39 is 0 Å². The lowest BCUT2D eigenvalue weighted by Gasteiger charge is -2.57. The molecule has 1 saturated heterocycles. The Bertz CT molecular complexity index is 1080. The van der Waals surface area contributed by atoms with Gasteiger partial charge in [-0.25, -0.2) is 0 Å². The zero-order valence-corrected chi connectivity index (χ0v) is 20.7. The molecule has 2 aromatic heterocycles. The van der Waals surface area contributed by atoms with Crippen LogP contribution >= 0.6 is 11.3 Å². The van der Waals surface area contributed by atoms with E-state index >= 15 is 0 Å². The summed E-state index contributed by atoms with van der Waals surface area (Å²) in [5, 5.41) is 3.22. The second-order valence-corrected chi connectivity index (χ2v) is 12.1. The number of carbonyl (C=O) groups is 2. The van der Waals surface area contributed by atoms with E-state index in [2.05, 4.69) is 33.9 Å². The second-order valence-electron chi connectivity index (χ2n) is 11.2. The van der Waals surface area contributed by atoms with Crippen molar-refractivity contribution in [3.05, 3.63) is 35.4 Å². The monoisotopic (exact) mass is 465 g/mol. The quantitative estimate of drug-likeness (QED) is 0.585. The van der Waals surface area contributed by atoms with E-state index in [9.17, 15) is 9.59 Å². The highest BCUT2D eigenvalue weighted by Crippen LogP contribution is 2.60. The molecule has 1 aliphatic heterocycles. The van der Waals surface area contributed by atoms with Crippen molar-refractivity contribution in [3.63, 3.8) is 0 Å². The number of rotatable bonds is 4. The summed E-state index contributed by atoms with van der Waals surface area (Å²) in [5.41, 5.74) is 0.670. The Balaban J connectivity index is 1.19. The Morgan fingerprint density at radius 1 is 1.12 bits per heavy atom. The lowest BCUT2D eigenvalue weighted by atomic mass is 9.49. The first kappa shape index (κ1) is 21.5. The standard InChI is InChI=1S/C27H35N3O2S/c1-3-4-6-30-23(13-22-5-9-33-25(22)30)24(31)28-7-8-29(18(2)17-28)26(32)27-14-19-10-20(15-27)12-21(11-19)16-27/h3-5,9,13,18-21H,6-8,10-12,14-17H2,1-2H3/b4-3-. The highest BCUT2D eigenvalue weighted by Gasteiger charge is 2.56. The fraction of sp³-hybridized carbons (Fsp3) is 0.630. The summed E-state index contributed by atoms with van der Waals surface area (Å²) < 4.78 is 2.14. The van der Waals surface area contributed by atoms with E-state index in [1.165, 1.54) is 19.3 Å². The van der Waals surface area contributed by atoms with Gasteiger partial charge in [-0.05, 0) is 87.6 Å². The molecule has 3 heterocycles. The first-order valence-corrected chi connectivity index (χ1v) is 13.6. The molecule has 0 spiro atoms. The van der Waals surface area contributed by atoms with Gasteiger partial charge in [0.2, 0.25) is 5.91 Å². The molecule has 33 heavy (non-hydrogen) atoms. The minimum absolute atomic E-state index is 0.0725. The molecule has 0 aromatic carbocycles. The lowest BCUT2D eigenvalue weighted by Crippen LogP contribution is -2.61.